The Morgan fingerprint density at radius 3 is 2.52 bits per heavy atom. The summed E-state index contributed by atoms with van der Waals surface area (Å²) in [6.07, 6.45) is 7.33. The summed E-state index contributed by atoms with van der Waals surface area (Å²) in [5.74, 6) is 0.675. The van der Waals surface area contributed by atoms with Crippen LogP contribution in [0.2, 0.25) is 0 Å². The highest BCUT2D eigenvalue weighted by Crippen LogP contribution is 2.32. The van der Waals surface area contributed by atoms with Gasteiger partial charge in [-0.05, 0) is 43.7 Å². The molecule has 3 heteroatoms. The molecule has 1 unspecified atom stereocenters. The minimum Gasteiger partial charge on any atom is -0.355 e. The van der Waals surface area contributed by atoms with E-state index in [2.05, 4.69) is 45.3 Å². The first-order valence-electron chi connectivity index (χ1n) is 8.78. The van der Waals surface area contributed by atoms with Crippen molar-refractivity contribution < 1.29 is 4.79 Å². The Bertz CT molecular complexity index is 317. The van der Waals surface area contributed by atoms with Crippen LogP contribution in [0.4, 0.5) is 0 Å². The minimum atomic E-state index is -0.271. The van der Waals surface area contributed by atoms with Gasteiger partial charge in [0.05, 0.1) is 0 Å². The van der Waals surface area contributed by atoms with Gasteiger partial charge >= 0.3 is 0 Å². The van der Waals surface area contributed by atoms with Crippen LogP contribution in [0.5, 0.6) is 0 Å². The number of hydrogen-bond donors (Lipinski definition) is 2. The fraction of sp³-hybridized carbons (Fsp3) is 0.944. The zero-order valence-corrected chi connectivity index (χ0v) is 14.8. The summed E-state index contributed by atoms with van der Waals surface area (Å²) in [7, 11) is 0. The van der Waals surface area contributed by atoms with Crippen LogP contribution < -0.4 is 10.6 Å². The van der Waals surface area contributed by atoms with E-state index in [1.165, 1.54) is 32.1 Å². The number of carbonyl (C=O) groups excluding carboxylic acids is 1. The van der Waals surface area contributed by atoms with Gasteiger partial charge in [0.15, 0.2) is 0 Å². The summed E-state index contributed by atoms with van der Waals surface area (Å²) in [5, 5.41) is 6.64. The van der Waals surface area contributed by atoms with Gasteiger partial charge in [0.1, 0.15) is 0 Å². The molecule has 0 aromatic heterocycles. The molecule has 21 heavy (non-hydrogen) atoms. The lowest BCUT2D eigenvalue weighted by molar-refractivity contribution is -0.133. The van der Waals surface area contributed by atoms with Gasteiger partial charge < -0.3 is 10.6 Å². The monoisotopic (exact) mass is 296 g/mol. The van der Waals surface area contributed by atoms with Gasteiger partial charge in [-0.2, -0.15) is 0 Å². The standard InChI is InChI=1S/C18H36N2O/c1-6-7-8-11-17(2,3)14-20-16(21)18(4,5)15-10-9-12-19-13-15/h15,19H,6-14H2,1-5H3,(H,20,21). The van der Waals surface area contributed by atoms with Crippen LogP contribution in [0.15, 0.2) is 0 Å². The Kier molecular flexibility index (Phi) is 7.19. The van der Waals surface area contributed by atoms with Crippen LogP contribution >= 0.6 is 0 Å². The van der Waals surface area contributed by atoms with Crippen molar-refractivity contribution in [2.24, 2.45) is 16.7 Å². The van der Waals surface area contributed by atoms with E-state index in [0.717, 1.165) is 26.1 Å². The number of unbranched alkanes of at least 4 members (excludes halogenated alkanes) is 2. The summed E-state index contributed by atoms with van der Waals surface area (Å²) < 4.78 is 0. The summed E-state index contributed by atoms with van der Waals surface area (Å²) in [5.41, 5.74) is -0.0708. The van der Waals surface area contributed by atoms with E-state index < -0.39 is 0 Å². The van der Waals surface area contributed by atoms with E-state index in [9.17, 15) is 4.79 Å². The second-order valence-corrected chi connectivity index (χ2v) is 8.07. The molecule has 2 N–H and O–H groups in total. The third kappa shape index (κ3) is 5.98. The molecule has 0 radical (unpaired) electrons. The van der Waals surface area contributed by atoms with Crippen molar-refractivity contribution in [3.8, 4) is 0 Å². The van der Waals surface area contributed by atoms with Gasteiger partial charge in [-0.3, -0.25) is 4.79 Å². The van der Waals surface area contributed by atoms with Crippen LogP contribution in [-0.4, -0.2) is 25.5 Å². The second kappa shape index (κ2) is 8.17. The van der Waals surface area contributed by atoms with Crippen LogP contribution in [0.1, 0.15) is 73.1 Å². The quantitative estimate of drug-likeness (QED) is 0.670. The summed E-state index contributed by atoms with van der Waals surface area (Å²) in [6.45, 7) is 13.8. The van der Waals surface area contributed by atoms with Crippen molar-refractivity contribution in [1.82, 2.24) is 10.6 Å². The van der Waals surface area contributed by atoms with Gasteiger partial charge in [0.2, 0.25) is 5.91 Å². The Balaban J connectivity index is 2.43. The van der Waals surface area contributed by atoms with Crippen molar-refractivity contribution in [1.29, 1.82) is 0 Å². The lowest BCUT2D eigenvalue weighted by Gasteiger charge is -2.37. The number of hydrogen-bond acceptors (Lipinski definition) is 2. The zero-order valence-electron chi connectivity index (χ0n) is 14.8. The van der Waals surface area contributed by atoms with Gasteiger partial charge in [-0.1, -0.05) is 53.9 Å². The molecule has 1 saturated heterocycles. The minimum absolute atomic E-state index is 0.200. The smallest absolute Gasteiger partial charge is 0.226 e. The molecule has 0 aromatic carbocycles. The maximum absolute atomic E-state index is 12.6. The fourth-order valence-electron chi connectivity index (χ4n) is 3.14. The molecule has 0 aromatic rings. The molecule has 1 heterocycles. The van der Waals surface area contributed by atoms with Crippen LogP contribution in [-0.2, 0) is 4.79 Å². The van der Waals surface area contributed by atoms with Crippen molar-refractivity contribution >= 4 is 5.91 Å². The Labute approximate surface area is 131 Å². The predicted molar refractivity (Wildman–Crippen MR) is 90.3 cm³/mol. The first-order valence-corrected chi connectivity index (χ1v) is 8.78. The lowest BCUT2D eigenvalue weighted by atomic mass is 9.74. The molecular weight excluding hydrogens is 260 g/mol. The largest absolute Gasteiger partial charge is 0.355 e. The molecule has 1 aliphatic heterocycles. The molecule has 1 aliphatic rings. The highest BCUT2D eigenvalue weighted by Gasteiger charge is 2.37. The third-order valence-electron chi connectivity index (χ3n) is 5.09. The summed E-state index contributed by atoms with van der Waals surface area (Å²) in [4.78, 5) is 12.6. The number of piperidine rings is 1. The number of amides is 1. The van der Waals surface area contributed by atoms with E-state index in [4.69, 9.17) is 0 Å². The van der Waals surface area contributed by atoms with Gasteiger partial charge in [0, 0.05) is 12.0 Å². The van der Waals surface area contributed by atoms with Crippen molar-refractivity contribution in [3.05, 3.63) is 0 Å². The third-order valence-corrected chi connectivity index (χ3v) is 5.09. The van der Waals surface area contributed by atoms with E-state index >= 15 is 0 Å². The number of carbonyl (C=O) groups is 1. The van der Waals surface area contributed by atoms with Gasteiger partial charge in [-0.25, -0.2) is 0 Å². The number of rotatable bonds is 8. The second-order valence-electron chi connectivity index (χ2n) is 8.07. The number of nitrogens with one attached hydrogen (secondary N) is 2. The molecule has 0 aliphatic carbocycles. The van der Waals surface area contributed by atoms with Crippen LogP contribution in [0, 0.1) is 16.7 Å². The molecular formula is C18H36N2O. The zero-order chi connectivity index (χ0) is 15.9. The molecule has 0 spiro atoms. The summed E-state index contributed by atoms with van der Waals surface area (Å²) >= 11 is 0. The molecule has 0 bridgehead atoms. The molecule has 1 amide bonds. The first kappa shape index (κ1) is 18.5. The SMILES string of the molecule is CCCCCC(C)(C)CNC(=O)C(C)(C)C1CCCNC1. The summed E-state index contributed by atoms with van der Waals surface area (Å²) in [6, 6.07) is 0. The van der Waals surface area contributed by atoms with Crippen LogP contribution in [0.3, 0.4) is 0 Å². The first-order chi connectivity index (χ1) is 9.79. The molecule has 124 valence electrons. The molecule has 1 fully saturated rings. The molecule has 1 atom stereocenters. The van der Waals surface area contributed by atoms with Gasteiger partial charge in [0.25, 0.3) is 0 Å². The highest BCUT2D eigenvalue weighted by atomic mass is 16.2. The predicted octanol–water partition coefficient (Wildman–Crippen LogP) is 3.73. The highest BCUT2D eigenvalue weighted by molar-refractivity contribution is 5.82. The maximum atomic E-state index is 12.6. The average molecular weight is 296 g/mol. The fourth-order valence-corrected chi connectivity index (χ4v) is 3.14. The van der Waals surface area contributed by atoms with E-state index in [1.54, 1.807) is 0 Å². The average Bonchev–Trinajstić information content (AvgIpc) is 2.46. The Morgan fingerprint density at radius 1 is 1.24 bits per heavy atom. The molecule has 3 nitrogen and oxygen atoms in total. The lowest BCUT2D eigenvalue weighted by Crippen LogP contribution is -2.49. The van der Waals surface area contributed by atoms with Crippen molar-refractivity contribution in [2.45, 2.75) is 73.1 Å². The normalized spacial score (nSPS) is 20.3. The maximum Gasteiger partial charge on any atom is 0.226 e. The Morgan fingerprint density at radius 2 is 1.95 bits per heavy atom. The van der Waals surface area contributed by atoms with Gasteiger partial charge in [-0.15, -0.1) is 0 Å². The van der Waals surface area contributed by atoms with E-state index in [-0.39, 0.29) is 16.7 Å². The van der Waals surface area contributed by atoms with Crippen molar-refractivity contribution in [3.63, 3.8) is 0 Å². The topological polar surface area (TPSA) is 41.1 Å². The van der Waals surface area contributed by atoms with Crippen molar-refractivity contribution in [2.75, 3.05) is 19.6 Å². The Hall–Kier alpha value is -0.570. The molecule has 0 saturated carbocycles. The van der Waals surface area contributed by atoms with E-state index in [1.807, 2.05) is 0 Å². The van der Waals surface area contributed by atoms with Crippen LogP contribution in [0.25, 0.3) is 0 Å². The molecule has 1 rings (SSSR count). The van der Waals surface area contributed by atoms with E-state index in [0.29, 0.717) is 5.92 Å².